The first-order valence-electron chi connectivity index (χ1n) is 9.89. The Morgan fingerprint density at radius 1 is 1.32 bits per heavy atom. The van der Waals surface area contributed by atoms with Crippen LogP contribution in [0.4, 0.5) is 13.6 Å². The number of amides is 1. The molecule has 4 atom stereocenters. The predicted octanol–water partition coefficient (Wildman–Crippen LogP) is 1.91. The molecule has 1 amide bonds. The molecule has 4 N–H and O–H groups in total. The maximum atomic E-state index is 13.3. The van der Waals surface area contributed by atoms with Gasteiger partial charge in [0.15, 0.2) is 0 Å². The van der Waals surface area contributed by atoms with Gasteiger partial charge in [0.2, 0.25) is 0 Å². The molecule has 28 heavy (non-hydrogen) atoms. The number of ether oxygens (including phenoxy) is 1. The summed E-state index contributed by atoms with van der Waals surface area (Å²) in [6.45, 7) is 2.72. The first-order chi connectivity index (χ1) is 13.3. The standard InChI is InChI=1S/C20H29F2N3O3/c1-20(21,22)14-6-4-13(5-7-14)11-16-18(17(26)12-25-16)28-19(27)24-10-8-15-3-2-9-23-15/h4-7,15-18,23,25-26H,2-3,8-12H2,1H3,(H,24,27)/t15-,16+,17-,18-/m0/s1. The van der Waals surface area contributed by atoms with E-state index in [1.807, 2.05) is 0 Å². The average Bonchev–Trinajstić information content (AvgIpc) is 3.27. The van der Waals surface area contributed by atoms with Gasteiger partial charge < -0.3 is 25.8 Å². The highest BCUT2D eigenvalue weighted by Crippen LogP contribution is 2.27. The Morgan fingerprint density at radius 2 is 2.07 bits per heavy atom. The minimum Gasteiger partial charge on any atom is -0.442 e. The van der Waals surface area contributed by atoms with E-state index in [9.17, 15) is 18.7 Å². The fraction of sp³-hybridized carbons (Fsp3) is 0.650. The molecule has 2 fully saturated rings. The lowest BCUT2D eigenvalue weighted by Crippen LogP contribution is -2.42. The van der Waals surface area contributed by atoms with E-state index in [1.54, 1.807) is 12.1 Å². The summed E-state index contributed by atoms with van der Waals surface area (Å²) in [6.07, 6.45) is 1.56. The van der Waals surface area contributed by atoms with E-state index in [2.05, 4.69) is 16.0 Å². The topological polar surface area (TPSA) is 82.6 Å². The van der Waals surface area contributed by atoms with Crippen LogP contribution < -0.4 is 16.0 Å². The molecule has 0 saturated carbocycles. The SMILES string of the molecule is CC(F)(F)c1ccc(C[C@H]2NC[C@H](O)[C@H]2OC(=O)NCC[C@@H]2CCCN2)cc1. The van der Waals surface area contributed by atoms with Crippen LogP contribution in [0.25, 0.3) is 0 Å². The van der Waals surface area contributed by atoms with E-state index in [4.69, 9.17) is 4.74 Å². The lowest BCUT2D eigenvalue weighted by molar-refractivity contribution is 0.0171. The van der Waals surface area contributed by atoms with Crippen molar-refractivity contribution < 1.29 is 23.4 Å². The monoisotopic (exact) mass is 397 g/mol. The molecule has 2 saturated heterocycles. The molecular formula is C20H29F2N3O3. The molecule has 6 nitrogen and oxygen atoms in total. The van der Waals surface area contributed by atoms with Crippen molar-refractivity contribution in [1.29, 1.82) is 0 Å². The molecule has 156 valence electrons. The van der Waals surface area contributed by atoms with Crippen molar-refractivity contribution in [3.05, 3.63) is 35.4 Å². The van der Waals surface area contributed by atoms with E-state index in [-0.39, 0.29) is 11.6 Å². The first-order valence-corrected chi connectivity index (χ1v) is 9.89. The van der Waals surface area contributed by atoms with Gasteiger partial charge in [-0.1, -0.05) is 24.3 Å². The average molecular weight is 397 g/mol. The quantitative estimate of drug-likeness (QED) is 0.565. The Labute approximate surface area is 164 Å². The highest BCUT2D eigenvalue weighted by molar-refractivity contribution is 5.67. The third-order valence-corrected chi connectivity index (χ3v) is 5.45. The second kappa shape index (κ2) is 9.15. The number of aliphatic hydroxyl groups is 1. The van der Waals surface area contributed by atoms with Crippen molar-refractivity contribution >= 4 is 6.09 Å². The van der Waals surface area contributed by atoms with E-state index in [0.717, 1.165) is 38.3 Å². The van der Waals surface area contributed by atoms with Crippen molar-refractivity contribution in [2.24, 2.45) is 0 Å². The molecular weight excluding hydrogens is 368 g/mol. The van der Waals surface area contributed by atoms with Gasteiger partial charge in [-0.25, -0.2) is 13.6 Å². The van der Waals surface area contributed by atoms with Crippen LogP contribution >= 0.6 is 0 Å². The summed E-state index contributed by atoms with van der Waals surface area (Å²) in [5, 5.41) is 19.4. The van der Waals surface area contributed by atoms with Crippen molar-refractivity contribution in [3.63, 3.8) is 0 Å². The Bertz CT molecular complexity index is 645. The normalized spacial score (nSPS) is 27.7. The third kappa shape index (κ3) is 5.62. The van der Waals surface area contributed by atoms with E-state index >= 15 is 0 Å². The highest BCUT2D eigenvalue weighted by atomic mass is 19.3. The number of carbonyl (C=O) groups excluding carboxylic acids is 1. The second-order valence-corrected chi connectivity index (χ2v) is 7.75. The summed E-state index contributed by atoms with van der Waals surface area (Å²) in [7, 11) is 0. The number of hydrogen-bond donors (Lipinski definition) is 4. The zero-order valence-corrected chi connectivity index (χ0v) is 16.1. The summed E-state index contributed by atoms with van der Waals surface area (Å²) in [5.74, 6) is -2.88. The van der Waals surface area contributed by atoms with Crippen LogP contribution in [0.1, 0.15) is 37.3 Å². The number of halogens is 2. The minimum atomic E-state index is -2.88. The number of hydrogen-bond acceptors (Lipinski definition) is 5. The van der Waals surface area contributed by atoms with Crippen LogP contribution in [-0.4, -0.2) is 55.1 Å². The van der Waals surface area contributed by atoms with Crippen molar-refractivity contribution in [1.82, 2.24) is 16.0 Å². The molecule has 0 unspecified atom stereocenters. The smallest absolute Gasteiger partial charge is 0.407 e. The first kappa shape index (κ1) is 21.0. The number of nitrogens with one attached hydrogen (secondary N) is 3. The van der Waals surface area contributed by atoms with Crippen LogP contribution in [0, 0.1) is 0 Å². The Hall–Kier alpha value is -1.77. The number of benzene rings is 1. The van der Waals surface area contributed by atoms with Gasteiger partial charge in [0.1, 0.15) is 12.2 Å². The van der Waals surface area contributed by atoms with Gasteiger partial charge in [-0.2, -0.15) is 0 Å². The maximum absolute atomic E-state index is 13.3. The van der Waals surface area contributed by atoms with Gasteiger partial charge in [0.25, 0.3) is 5.92 Å². The molecule has 8 heteroatoms. The van der Waals surface area contributed by atoms with Gasteiger partial charge in [0.05, 0.1) is 6.04 Å². The molecule has 0 spiro atoms. The molecule has 2 aliphatic heterocycles. The largest absolute Gasteiger partial charge is 0.442 e. The summed E-state index contributed by atoms with van der Waals surface area (Å²) in [4.78, 5) is 12.1. The van der Waals surface area contributed by atoms with E-state index in [0.29, 0.717) is 25.6 Å². The fourth-order valence-electron chi connectivity index (χ4n) is 3.83. The molecule has 0 aromatic heterocycles. The number of alkyl carbamates (subject to hydrolysis) is 1. The summed E-state index contributed by atoms with van der Waals surface area (Å²) < 4.78 is 32.1. The van der Waals surface area contributed by atoms with Gasteiger partial charge in [0, 0.05) is 31.6 Å². The van der Waals surface area contributed by atoms with Crippen LogP contribution in [0.15, 0.2) is 24.3 Å². The van der Waals surface area contributed by atoms with Gasteiger partial charge in [-0.05, 0) is 37.8 Å². The fourth-order valence-corrected chi connectivity index (χ4v) is 3.83. The summed E-state index contributed by atoms with van der Waals surface area (Å²) in [6, 6.07) is 6.26. The predicted molar refractivity (Wildman–Crippen MR) is 101 cm³/mol. The molecule has 1 aromatic rings. The minimum absolute atomic E-state index is 0.0420. The lowest BCUT2D eigenvalue weighted by Gasteiger charge is -2.22. The Morgan fingerprint density at radius 3 is 2.71 bits per heavy atom. The van der Waals surface area contributed by atoms with Crippen molar-refractivity contribution in [2.75, 3.05) is 19.6 Å². The van der Waals surface area contributed by atoms with Crippen LogP contribution in [0.3, 0.4) is 0 Å². The Kier molecular flexibility index (Phi) is 6.85. The summed E-state index contributed by atoms with van der Waals surface area (Å²) >= 11 is 0. The molecule has 0 aliphatic carbocycles. The molecule has 0 radical (unpaired) electrons. The van der Waals surface area contributed by atoms with Crippen LogP contribution in [0.2, 0.25) is 0 Å². The molecule has 1 aromatic carbocycles. The van der Waals surface area contributed by atoms with E-state index in [1.165, 1.54) is 12.1 Å². The molecule has 3 rings (SSSR count). The van der Waals surface area contributed by atoms with Gasteiger partial charge in [-0.15, -0.1) is 0 Å². The van der Waals surface area contributed by atoms with Crippen LogP contribution in [0.5, 0.6) is 0 Å². The molecule has 2 heterocycles. The highest BCUT2D eigenvalue weighted by Gasteiger charge is 2.38. The second-order valence-electron chi connectivity index (χ2n) is 7.75. The summed E-state index contributed by atoms with van der Waals surface area (Å²) in [5.41, 5.74) is 0.792. The maximum Gasteiger partial charge on any atom is 0.407 e. The number of carbonyl (C=O) groups is 1. The lowest BCUT2D eigenvalue weighted by atomic mass is 9.99. The zero-order valence-electron chi connectivity index (χ0n) is 16.1. The van der Waals surface area contributed by atoms with Gasteiger partial charge in [-0.3, -0.25) is 0 Å². The van der Waals surface area contributed by atoms with Crippen molar-refractivity contribution in [2.45, 2.75) is 62.8 Å². The third-order valence-electron chi connectivity index (χ3n) is 5.45. The molecule has 0 bridgehead atoms. The van der Waals surface area contributed by atoms with E-state index < -0.39 is 24.2 Å². The molecule has 2 aliphatic rings. The number of aliphatic hydroxyl groups excluding tert-OH is 1. The number of rotatable bonds is 7. The zero-order chi connectivity index (χ0) is 20.1. The Balaban J connectivity index is 1.49. The van der Waals surface area contributed by atoms with Gasteiger partial charge >= 0.3 is 6.09 Å². The number of alkyl halides is 2. The van der Waals surface area contributed by atoms with Crippen molar-refractivity contribution in [3.8, 4) is 0 Å². The van der Waals surface area contributed by atoms with Crippen LogP contribution in [-0.2, 0) is 17.1 Å². The number of β-amino-alcohol motifs (C(OH)–C–C–N with tert-alkyl or cyclic N) is 1.